The lowest BCUT2D eigenvalue weighted by atomic mass is 10.1. The number of rotatable bonds is 5. The molecule has 1 atom stereocenters. The Labute approximate surface area is 123 Å². The van der Waals surface area contributed by atoms with Crippen molar-refractivity contribution in [2.24, 2.45) is 0 Å². The van der Waals surface area contributed by atoms with E-state index in [1.165, 1.54) is 12.1 Å². The minimum absolute atomic E-state index is 0.195. The summed E-state index contributed by atoms with van der Waals surface area (Å²) in [5.74, 6) is 1.42. The maximum atomic E-state index is 12.9. The van der Waals surface area contributed by atoms with Gasteiger partial charge in [0.1, 0.15) is 5.82 Å². The summed E-state index contributed by atoms with van der Waals surface area (Å²) in [6.45, 7) is 3.18. The molecule has 110 valence electrons. The molecular weight excluding hydrogens is 269 g/mol. The fourth-order valence-electron chi connectivity index (χ4n) is 2.39. The van der Waals surface area contributed by atoms with Crippen molar-refractivity contribution < 1.29 is 13.9 Å². The van der Waals surface area contributed by atoms with Crippen LogP contribution in [0.4, 0.5) is 4.39 Å². The van der Waals surface area contributed by atoms with Crippen LogP contribution in [-0.2, 0) is 13.0 Å². The van der Waals surface area contributed by atoms with Crippen LogP contribution in [0.15, 0.2) is 42.5 Å². The van der Waals surface area contributed by atoms with Gasteiger partial charge in [0.05, 0.1) is 0 Å². The molecule has 1 unspecified atom stereocenters. The maximum absolute atomic E-state index is 12.9. The zero-order chi connectivity index (χ0) is 14.7. The predicted octanol–water partition coefficient (Wildman–Crippen LogP) is 3.28. The Hall–Kier alpha value is -2.07. The van der Waals surface area contributed by atoms with Crippen molar-refractivity contribution in [1.82, 2.24) is 5.32 Å². The third kappa shape index (κ3) is 3.52. The van der Waals surface area contributed by atoms with Gasteiger partial charge in [-0.1, -0.05) is 18.2 Å². The highest BCUT2D eigenvalue weighted by Gasteiger charge is 2.13. The van der Waals surface area contributed by atoms with E-state index in [2.05, 4.69) is 12.2 Å². The fourth-order valence-corrected chi connectivity index (χ4v) is 2.39. The van der Waals surface area contributed by atoms with Crippen molar-refractivity contribution in [2.45, 2.75) is 25.9 Å². The first-order valence-electron chi connectivity index (χ1n) is 7.07. The van der Waals surface area contributed by atoms with E-state index in [1.807, 2.05) is 30.3 Å². The van der Waals surface area contributed by atoms with Crippen molar-refractivity contribution in [3.8, 4) is 11.5 Å². The molecule has 2 aromatic rings. The van der Waals surface area contributed by atoms with Crippen molar-refractivity contribution in [2.75, 3.05) is 6.79 Å². The highest BCUT2D eigenvalue weighted by atomic mass is 19.1. The fraction of sp³-hybridized carbons (Fsp3) is 0.294. The smallest absolute Gasteiger partial charge is 0.231 e. The molecule has 1 aliphatic heterocycles. The minimum atomic E-state index is -0.195. The van der Waals surface area contributed by atoms with Gasteiger partial charge in [-0.15, -0.1) is 0 Å². The van der Waals surface area contributed by atoms with E-state index in [0.29, 0.717) is 12.8 Å². The Balaban J connectivity index is 1.53. The van der Waals surface area contributed by atoms with Gasteiger partial charge < -0.3 is 14.8 Å². The van der Waals surface area contributed by atoms with Gasteiger partial charge in [0, 0.05) is 12.6 Å². The van der Waals surface area contributed by atoms with Gasteiger partial charge in [-0.3, -0.25) is 0 Å². The maximum Gasteiger partial charge on any atom is 0.231 e. The van der Waals surface area contributed by atoms with Crippen molar-refractivity contribution >= 4 is 0 Å². The van der Waals surface area contributed by atoms with Gasteiger partial charge in [0.2, 0.25) is 6.79 Å². The van der Waals surface area contributed by atoms with E-state index in [0.717, 1.165) is 35.6 Å². The average molecular weight is 287 g/mol. The SMILES string of the molecule is CC(Cc1ccc(F)cc1)NCc1ccc2c(c1)OCO2. The van der Waals surface area contributed by atoms with Crippen LogP contribution >= 0.6 is 0 Å². The average Bonchev–Trinajstić information content (AvgIpc) is 2.95. The molecule has 4 heteroatoms. The van der Waals surface area contributed by atoms with Crippen molar-refractivity contribution in [3.05, 3.63) is 59.4 Å². The molecule has 1 heterocycles. The van der Waals surface area contributed by atoms with E-state index in [-0.39, 0.29) is 5.82 Å². The standard InChI is InChI=1S/C17H18FNO2/c1-12(8-13-2-5-15(18)6-3-13)19-10-14-4-7-16-17(9-14)21-11-20-16/h2-7,9,12,19H,8,10-11H2,1H3. The summed E-state index contributed by atoms with van der Waals surface area (Å²) in [7, 11) is 0. The first-order valence-corrected chi connectivity index (χ1v) is 7.07. The molecule has 1 aliphatic rings. The third-order valence-electron chi connectivity index (χ3n) is 3.55. The molecule has 0 saturated heterocycles. The summed E-state index contributed by atoms with van der Waals surface area (Å²) in [4.78, 5) is 0. The van der Waals surface area contributed by atoms with Gasteiger partial charge in [-0.05, 0) is 48.7 Å². The zero-order valence-corrected chi connectivity index (χ0v) is 11.9. The van der Waals surface area contributed by atoms with Crippen LogP contribution in [0.1, 0.15) is 18.1 Å². The molecule has 0 aliphatic carbocycles. The minimum Gasteiger partial charge on any atom is -0.454 e. The van der Waals surface area contributed by atoms with E-state index >= 15 is 0 Å². The summed E-state index contributed by atoms with van der Waals surface area (Å²) >= 11 is 0. The second-order valence-corrected chi connectivity index (χ2v) is 5.30. The molecule has 0 bridgehead atoms. The molecule has 1 N–H and O–H groups in total. The number of nitrogens with one attached hydrogen (secondary N) is 1. The first kappa shape index (κ1) is 13.9. The quantitative estimate of drug-likeness (QED) is 0.915. The van der Waals surface area contributed by atoms with Crippen LogP contribution in [0.3, 0.4) is 0 Å². The molecule has 0 aromatic heterocycles. The monoisotopic (exact) mass is 287 g/mol. The van der Waals surface area contributed by atoms with Gasteiger partial charge >= 0.3 is 0 Å². The Kier molecular flexibility index (Phi) is 4.06. The largest absolute Gasteiger partial charge is 0.454 e. The predicted molar refractivity (Wildman–Crippen MR) is 79.0 cm³/mol. The van der Waals surface area contributed by atoms with Crippen molar-refractivity contribution in [1.29, 1.82) is 0 Å². The molecule has 3 nitrogen and oxygen atoms in total. The molecule has 0 saturated carbocycles. The van der Waals surface area contributed by atoms with E-state index < -0.39 is 0 Å². The normalized spacial score (nSPS) is 14.2. The molecule has 2 aromatic carbocycles. The number of hydrogen-bond acceptors (Lipinski definition) is 3. The van der Waals surface area contributed by atoms with E-state index in [9.17, 15) is 4.39 Å². The molecule has 3 rings (SSSR count). The molecule has 0 amide bonds. The molecule has 21 heavy (non-hydrogen) atoms. The van der Waals surface area contributed by atoms with E-state index in [1.54, 1.807) is 0 Å². The number of ether oxygens (including phenoxy) is 2. The van der Waals surface area contributed by atoms with Crippen LogP contribution < -0.4 is 14.8 Å². The lowest BCUT2D eigenvalue weighted by molar-refractivity contribution is 0.174. The Morgan fingerprint density at radius 1 is 1.05 bits per heavy atom. The lowest BCUT2D eigenvalue weighted by Gasteiger charge is -2.14. The summed E-state index contributed by atoms with van der Waals surface area (Å²) in [6, 6.07) is 12.9. The number of halogens is 1. The van der Waals surface area contributed by atoms with Gasteiger partial charge in [0.25, 0.3) is 0 Å². The topological polar surface area (TPSA) is 30.5 Å². The number of benzene rings is 2. The van der Waals surface area contributed by atoms with Gasteiger partial charge in [0.15, 0.2) is 11.5 Å². The van der Waals surface area contributed by atoms with Crippen LogP contribution in [0, 0.1) is 5.82 Å². The zero-order valence-electron chi connectivity index (χ0n) is 11.9. The Morgan fingerprint density at radius 2 is 1.76 bits per heavy atom. The number of fused-ring (bicyclic) bond motifs is 1. The first-order chi connectivity index (χ1) is 10.2. The molecule has 0 spiro atoms. The van der Waals surface area contributed by atoms with Crippen LogP contribution in [0.5, 0.6) is 11.5 Å². The second kappa shape index (κ2) is 6.14. The second-order valence-electron chi connectivity index (χ2n) is 5.30. The third-order valence-corrected chi connectivity index (χ3v) is 3.55. The summed E-state index contributed by atoms with van der Waals surface area (Å²) in [6.07, 6.45) is 0.866. The highest BCUT2D eigenvalue weighted by molar-refractivity contribution is 5.44. The van der Waals surface area contributed by atoms with Crippen LogP contribution in [-0.4, -0.2) is 12.8 Å². The van der Waals surface area contributed by atoms with Crippen molar-refractivity contribution in [3.63, 3.8) is 0 Å². The molecule has 0 fully saturated rings. The van der Waals surface area contributed by atoms with Gasteiger partial charge in [-0.2, -0.15) is 0 Å². The van der Waals surface area contributed by atoms with Gasteiger partial charge in [-0.25, -0.2) is 4.39 Å². The Bertz CT molecular complexity index is 613. The molecular formula is C17H18FNO2. The summed E-state index contributed by atoms with van der Waals surface area (Å²) in [5.41, 5.74) is 2.28. The Morgan fingerprint density at radius 3 is 2.57 bits per heavy atom. The van der Waals surface area contributed by atoms with E-state index in [4.69, 9.17) is 9.47 Å². The highest BCUT2D eigenvalue weighted by Crippen LogP contribution is 2.32. The molecule has 0 radical (unpaired) electrons. The van der Waals surface area contributed by atoms with Crippen LogP contribution in [0.25, 0.3) is 0 Å². The van der Waals surface area contributed by atoms with Crippen LogP contribution in [0.2, 0.25) is 0 Å². The number of hydrogen-bond donors (Lipinski definition) is 1. The lowest BCUT2D eigenvalue weighted by Crippen LogP contribution is -2.27. The summed E-state index contributed by atoms with van der Waals surface area (Å²) in [5, 5.41) is 3.46. The summed E-state index contributed by atoms with van der Waals surface area (Å²) < 4.78 is 23.5.